The van der Waals surface area contributed by atoms with E-state index in [1.54, 1.807) is 0 Å². The number of rotatable bonds is 1. The molecule has 0 bridgehead atoms. The first-order chi connectivity index (χ1) is 5.59. The van der Waals surface area contributed by atoms with E-state index in [4.69, 9.17) is 10.2 Å². The van der Waals surface area contributed by atoms with Crippen LogP contribution in [-0.2, 0) is 0 Å². The molecule has 0 spiro atoms. The highest BCUT2D eigenvalue weighted by molar-refractivity contribution is 5.82. The highest BCUT2D eigenvalue weighted by Gasteiger charge is 2.02. The molecule has 1 rings (SSSR count). The average Bonchev–Trinajstić information content (AvgIpc) is 1.96. The maximum absolute atomic E-state index is 12.5. The van der Waals surface area contributed by atoms with Crippen molar-refractivity contribution in [2.24, 2.45) is 0 Å². The third-order valence-electron chi connectivity index (χ3n) is 1.20. The number of hydrogen-bond donors (Lipinski definition) is 3. The third kappa shape index (κ3) is 1.85. The van der Waals surface area contributed by atoms with E-state index < -0.39 is 17.7 Å². The quantitative estimate of drug-likeness (QED) is 0.562. The fourth-order valence-electron chi connectivity index (χ4n) is 0.708. The van der Waals surface area contributed by atoms with Gasteiger partial charge in [-0.15, -0.1) is 0 Å². The Balaban J connectivity index is 2.89. The van der Waals surface area contributed by atoms with Gasteiger partial charge in [-0.05, 0) is 12.1 Å². The van der Waals surface area contributed by atoms with Crippen molar-refractivity contribution in [3.8, 4) is 5.75 Å². The van der Waals surface area contributed by atoms with Crippen LogP contribution in [0.5, 0.6) is 5.75 Å². The Labute approximate surface area is 67.3 Å². The predicted molar refractivity (Wildman–Crippen MR) is 39.7 cm³/mol. The molecule has 0 aliphatic heterocycles. The lowest BCUT2D eigenvalue weighted by Gasteiger charge is -2.00. The van der Waals surface area contributed by atoms with Crippen molar-refractivity contribution in [3.05, 3.63) is 24.0 Å². The molecular formula is C7H6FNO3. The van der Waals surface area contributed by atoms with Gasteiger partial charge in [-0.25, -0.2) is 9.18 Å². The molecule has 0 radical (unpaired) electrons. The summed E-state index contributed by atoms with van der Waals surface area (Å²) in [7, 11) is 0. The molecule has 12 heavy (non-hydrogen) atoms. The van der Waals surface area contributed by atoms with Crippen LogP contribution in [-0.4, -0.2) is 16.3 Å². The first-order valence-corrected chi connectivity index (χ1v) is 3.08. The van der Waals surface area contributed by atoms with E-state index in [9.17, 15) is 9.18 Å². The Morgan fingerprint density at radius 1 is 1.50 bits per heavy atom. The molecule has 0 unspecified atom stereocenters. The van der Waals surface area contributed by atoms with E-state index in [0.717, 1.165) is 12.1 Å². The van der Waals surface area contributed by atoms with E-state index in [1.165, 1.54) is 6.07 Å². The Morgan fingerprint density at radius 3 is 2.67 bits per heavy atom. The molecule has 3 N–H and O–H groups in total. The van der Waals surface area contributed by atoms with Gasteiger partial charge in [-0.1, -0.05) is 0 Å². The van der Waals surface area contributed by atoms with E-state index in [1.807, 2.05) is 5.32 Å². The highest BCUT2D eigenvalue weighted by Crippen LogP contribution is 2.18. The minimum absolute atomic E-state index is 0.0813. The number of carbonyl (C=O) groups is 1. The fraction of sp³-hybridized carbons (Fsp3) is 0. The third-order valence-corrected chi connectivity index (χ3v) is 1.20. The largest absolute Gasteiger partial charge is 0.505 e. The first kappa shape index (κ1) is 8.32. The maximum Gasteiger partial charge on any atom is 0.409 e. The van der Waals surface area contributed by atoms with Crippen molar-refractivity contribution in [1.29, 1.82) is 0 Å². The van der Waals surface area contributed by atoms with Gasteiger partial charge in [-0.2, -0.15) is 0 Å². The number of anilines is 1. The van der Waals surface area contributed by atoms with Gasteiger partial charge in [0.15, 0.2) is 11.6 Å². The molecule has 64 valence electrons. The molecule has 0 aliphatic carbocycles. The fourth-order valence-corrected chi connectivity index (χ4v) is 0.708. The Morgan fingerprint density at radius 2 is 2.17 bits per heavy atom. The van der Waals surface area contributed by atoms with Crippen LogP contribution < -0.4 is 5.32 Å². The van der Waals surface area contributed by atoms with Crippen molar-refractivity contribution in [3.63, 3.8) is 0 Å². The van der Waals surface area contributed by atoms with Crippen LogP contribution >= 0.6 is 0 Å². The minimum atomic E-state index is -1.28. The second kappa shape index (κ2) is 3.08. The molecule has 0 aromatic heterocycles. The second-order valence-corrected chi connectivity index (χ2v) is 2.10. The van der Waals surface area contributed by atoms with Gasteiger partial charge in [0.05, 0.1) is 0 Å². The summed E-state index contributed by atoms with van der Waals surface area (Å²) in [5, 5.41) is 18.9. The smallest absolute Gasteiger partial charge is 0.409 e. The molecule has 0 atom stereocenters. The van der Waals surface area contributed by atoms with Gasteiger partial charge in [0, 0.05) is 11.8 Å². The number of hydrogen-bond acceptors (Lipinski definition) is 2. The van der Waals surface area contributed by atoms with Crippen molar-refractivity contribution in [2.45, 2.75) is 0 Å². The maximum atomic E-state index is 12.5. The van der Waals surface area contributed by atoms with Crippen LogP contribution in [0.25, 0.3) is 0 Å². The summed E-state index contributed by atoms with van der Waals surface area (Å²) in [4.78, 5) is 10.1. The highest BCUT2D eigenvalue weighted by atomic mass is 19.1. The molecule has 1 aromatic carbocycles. The lowest BCUT2D eigenvalue weighted by atomic mass is 10.3. The van der Waals surface area contributed by atoms with Crippen molar-refractivity contribution in [2.75, 3.05) is 5.32 Å². The van der Waals surface area contributed by atoms with Crippen LogP contribution in [0.15, 0.2) is 18.2 Å². The molecule has 4 nitrogen and oxygen atoms in total. The summed E-state index contributed by atoms with van der Waals surface area (Å²) >= 11 is 0. The topological polar surface area (TPSA) is 69.6 Å². The zero-order chi connectivity index (χ0) is 9.14. The van der Waals surface area contributed by atoms with Gasteiger partial charge in [0.25, 0.3) is 0 Å². The standard InChI is InChI=1S/C7H6FNO3/c8-5-3-4(9-7(11)12)1-2-6(5)10/h1-3,9-10H,(H,11,12). The van der Waals surface area contributed by atoms with Crippen molar-refractivity contribution >= 4 is 11.8 Å². The summed E-state index contributed by atoms with van der Waals surface area (Å²) < 4.78 is 12.5. The Hall–Kier alpha value is -1.78. The molecule has 0 heterocycles. The molecule has 0 aliphatic rings. The zero-order valence-electron chi connectivity index (χ0n) is 5.91. The second-order valence-electron chi connectivity index (χ2n) is 2.10. The number of amides is 1. The molecule has 0 saturated carbocycles. The van der Waals surface area contributed by atoms with Crippen LogP contribution in [0.4, 0.5) is 14.9 Å². The van der Waals surface area contributed by atoms with Crippen LogP contribution in [0.1, 0.15) is 0 Å². The Bertz CT molecular complexity index is 314. The number of halogens is 1. The lowest BCUT2D eigenvalue weighted by molar-refractivity contribution is 0.209. The van der Waals surface area contributed by atoms with E-state index in [2.05, 4.69) is 0 Å². The number of aromatic hydroxyl groups is 1. The van der Waals surface area contributed by atoms with Gasteiger partial charge in [0.1, 0.15) is 0 Å². The summed E-state index contributed by atoms with van der Waals surface area (Å²) in [6.45, 7) is 0. The average molecular weight is 171 g/mol. The number of phenols is 1. The van der Waals surface area contributed by atoms with Crippen LogP contribution in [0.3, 0.4) is 0 Å². The number of benzene rings is 1. The monoisotopic (exact) mass is 171 g/mol. The van der Waals surface area contributed by atoms with Gasteiger partial charge in [0.2, 0.25) is 0 Å². The lowest BCUT2D eigenvalue weighted by Crippen LogP contribution is -2.06. The number of phenolic OH excluding ortho intramolecular Hbond substituents is 1. The van der Waals surface area contributed by atoms with Crippen LogP contribution in [0.2, 0.25) is 0 Å². The number of nitrogens with one attached hydrogen (secondary N) is 1. The molecule has 0 fully saturated rings. The molecule has 0 saturated heterocycles. The SMILES string of the molecule is O=C(O)Nc1ccc(O)c(F)c1. The Kier molecular flexibility index (Phi) is 2.14. The van der Waals surface area contributed by atoms with Gasteiger partial charge < -0.3 is 10.2 Å². The molecule has 1 amide bonds. The van der Waals surface area contributed by atoms with Gasteiger partial charge in [-0.3, -0.25) is 5.32 Å². The molecular weight excluding hydrogens is 165 g/mol. The summed E-state index contributed by atoms with van der Waals surface area (Å²) in [5.41, 5.74) is 0.0813. The van der Waals surface area contributed by atoms with E-state index in [-0.39, 0.29) is 5.69 Å². The molecule has 5 heteroatoms. The molecule has 1 aromatic rings. The van der Waals surface area contributed by atoms with Crippen molar-refractivity contribution < 1.29 is 19.4 Å². The van der Waals surface area contributed by atoms with Crippen LogP contribution in [0, 0.1) is 5.82 Å². The first-order valence-electron chi connectivity index (χ1n) is 3.08. The van der Waals surface area contributed by atoms with E-state index >= 15 is 0 Å². The van der Waals surface area contributed by atoms with Crippen molar-refractivity contribution in [1.82, 2.24) is 0 Å². The summed E-state index contributed by atoms with van der Waals surface area (Å²) in [6, 6.07) is 3.22. The normalized spacial score (nSPS) is 9.42. The minimum Gasteiger partial charge on any atom is -0.505 e. The van der Waals surface area contributed by atoms with Gasteiger partial charge >= 0.3 is 6.09 Å². The summed E-state index contributed by atoms with van der Waals surface area (Å²) in [5.74, 6) is -1.37. The predicted octanol–water partition coefficient (Wildman–Crippen LogP) is 1.62. The number of carboxylic acid groups (broad SMARTS) is 1. The summed E-state index contributed by atoms with van der Waals surface area (Å²) in [6.07, 6.45) is -1.28. The van der Waals surface area contributed by atoms with E-state index in [0.29, 0.717) is 0 Å². The zero-order valence-corrected chi connectivity index (χ0v) is 5.91.